The minimum atomic E-state index is 0.526. The summed E-state index contributed by atoms with van der Waals surface area (Å²) < 4.78 is 0. The lowest BCUT2D eigenvalue weighted by molar-refractivity contribution is 0.445. The minimum Gasteiger partial charge on any atom is -0.369 e. The van der Waals surface area contributed by atoms with E-state index in [4.69, 9.17) is 4.98 Å². The summed E-state index contributed by atoms with van der Waals surface area (Å²) in [6.07, 6.45) is 5.72. The van der Waals surface area contributed by atoms with Gasteiger partial charge in [0.15, 0.2) is 0 Å². The fourth-order valence-corrected chi connectivity index (χ4v) is 3.90. The lowest BCUT2D eigenvalue weighted by Gasteiger charge is -2.29. The van der Waals surface area contributed by atoms with E-state index in [-0.39, 0.29) is 0 Å². The van der Waals surface area contributed by atoms with Crippen LogP contribution in [0, 0.1) is 6.92 Å². The van der Waals surface area contributed by atoms with Crippen molar-refractivity contribution in [1.29, 1.82) is 0 Å². The Bertz CT molecular complexity index is 953. The Morgan fingerprint density at radius 1 is 1.07 bits per heavy atom. The van der Waals surface area contributed by atoms with Gasteiger partial charge in [0.1, 0.15) is 11.5 Å². The summed E-state index contributed by atoms with van der Waals surface area (Å²) >= 11 is 0. The molecule has 2 aliphatic rings. The zero-order chi connectivity index (χ0) is 18.9. The van der Waals surface area contributed by atoms with Crippen LogP contribution in [0.25, 0.3) is 11.0 Å². The van der Waals surface area contributed by atoms with Crippen molar-refractivity contribution in [2.45, 2.75) is 32.2 Å². The number of piperazine rings is 1. The maximum Gasteiger partial charge on any atom is 0.231 e. The van der Waals surface area contributed by atoms with Crippen molar-refractivity contribution >= 4 is 34.2 Å². The van der Waals surface area contributed by atoms with E-state index in [2.05, 4.69) is 62.0 Å². The first-order valence-electron chi connectivity index (χ1n) is 10.2. The Morgan fingerprint density at radius 2 is 1.86 bits per heavy atom. The molecule has 146 valence electrons. The molecular weight excluding hydrogens is 350 g/mol. The Hall–Kier alpha value is -2.80. The van der Waals surface area contributed by atoms with Gasteiger partial charge in [0, 0.05) is 49.8 Å². The summed E-state index contributed by atoms with van der Waals surface area (Å²) in [7, 11) is 0. The van der Waals surface area contributed by atoms with E-state index < -0.39 is 0 Å². The molecule has 2 aromatic heterocycles. The second-order valence-electron chi connectivity index (χ2n) is 7.77. The molecule has 0 bridgehead atoms. The van der Waals surface area contributed by atoms with Crippen LogP contribution in [0.1, 0.15) is 24.8 Å². The fraction of sp³-hybridized carbons (Fsp3) is 0.429. The van der Waals surface area contributed by atoms with Crippen LogP contribution in [0.5, 0.6) is 0 Å². The van der Waals surface area contributed by atoms with E-state index in [1.165, 1.54) is 30.5 Å². The van der Waals surface area contributed by atoms with Gasteiger partial charge in [-0.3, -0.25) is 0 Å². The highest BCUT2D eigenvalue weighted by molar-refractivity contribution is 5.91. The van der Waals surface area contributed by atoms with E-state index >= 15 is 0 Å². The first-order chi connectivity index (χ1) is 13.8. The molecule has 28 heavy (non-hydrogen) atoms. The summed E-state index contributed by atoms with van der Waals surface area (Å²) in [5.41, 5.74) is 4.30. The summed E-state index contributed by atoms with van der Waals surface area (Å²) in [4.78, 5) is 15.2. The SMILES string of the molecule is Cc1c[nH]c2nc(Nc3ccc(N4CCNCC4)cc3)nc(NC3CCC3)c12. The van der Waals surface area contributed by atoms with E-state index in [9.17, 15) is 0 Å². The molecule has 0 atom stereocenters. The predicted octanol–water partition coefficient (Wildman–Crippen LogP) is 3.38. The average Bonchev–Trinajstić information content (AvgIpc) is 3.07. The van der Waals surface area contributed by atoms with Crippen LogP contribution in [0.4, 0.5) is 23.1 Å². The second-order valence-corrected chi connectivity index (χ2v) is 7.77. The topological polar surface area (TPSA) is 80.9 Å². The van der Waals surface area contributed by atoms with Crippen LogP contribution >= 0.6 is 0 Å². The molecule has 3 heterocycles. The van der Waals surface area contributed by atoms with Crippen molar-refractivity contribution in [1.82, 2.24) is 20.3 Å². The zero-order valence-electron chi connectivity index (χ0n) is 16.3. The molecule has 4 N–H and O–H groups in total. The normalized spacial score (nSPS) is 17.5. The van der Waals surface area contributed by atoms with Gasteiger partial charge in [0.2, 0.25) is 5.95 Å². The molecule has 0 amide bonds. The molecule has 7 heteroatoms. The van der Waals surface area contributed by atoms with Gasteiger partial charge >= 0.3 is 0 Å². The van der Waals surface area contributed by atoms with E-state index in [1.807, 2.05) is 6.20 Å². The van der Waals surface area contributed by atoms with E-state index in [1.54, 1.807) is 0 Å². The van der Waals surface area contributed by atoms with Crippen molar-refractivity contribution in [2.24, 2.45) is 0 Å². The number of aromatic amines is 1. The van der Waals surface area contributed by atoms with Gasteiger partial charge in [-0.1, -0.05) is 0 Å². The number of hydrogen-bond donors (Lipinski definition) is 4. The van der Waals surface area contributed by atoms with Crippen molar-refractivity contribution in [3.63, 3.8) is 0 Å². The highest BCUT2D eigenvalue weighted by Crippen LogP contribution is 2.30. The summed E-state index contributed by atoms with van der Waals surface area (Å²) in [6, 6.07) is 9.06. The molecule has 0 radical (unpaired) electrons. The Morgan fingerprint density at radius 3 is 2.57 bits per heavy atom. The molecule has 3 aromatic rings. The Balaban J connectivity index is 1.38. The first-order valence-corrected chi connectivity index (χ1v) is 10.2. The lowest BCUT2D eigenvalue weighted by atomic mass is 9.93. The van der Waals surface area contributed by atoms with Crippen molar-refractivity contribution in [3.8, 4) is 0 Å². The summed E-state index contributed by atoms with van der Waals surface area (Å²) in [5, 5.41) is 11.5. The number of nitrogens with zero attached hydrogens (tertiary/aromatic N) is 3. The molecule has 1 saturated carbocycles. The number of aromatic nitrogens is 3. The number of benzene rings is 1. The molecule has 1 saturated heterocycles. The van der Waals surface area contributed by atoms with Crippen LogP contribution in [-0.4, -0.2) is 47.2 Å². The molecule has 1 aliphatic carbocycles. The smallest absolute Gasteiger partial charge is 0.231 e. The molecule has 1 aliphatic heterocycles. The standard InChI is InChI=1S/C21H27N7/c1-14-13-23-19-18(14)20(24-15-3-2-4-15)27-21(26-19)25-16-5-7-17(8-6-16)28-11-9-22-10-12-28/h5-8,13,15,22H,2-4,9-12H2,1H3,(H3,23,24,25,26,27). The molecule has 2 fully saturated rings. The molecule has 0 unspecified atom stereocenters. The van der Waals surface area contributed by atoms with Crippen molar-refractivity contribution < 1.29 is 0 Å². The summed E-state index contributed by atoms with van der Waals surface area (Å²) in [5.74, 6) is 1.54. The molecule has 7 nitrogen and oxygen atoms in total. The minimum absolute atomic E-state index is 0.526. The van der Waals surface area contributed by atoms with Gasteiger partial charge in [0.25, 0.3) is 0 Å². The fourth-order valence-electron chi connectivity index (χ4n) is 3.90. The van der Waals surface area contributed by atoms with Gasteiger partial charge in [-0.25, -0.2) is 0 Å². The number of H-pyrrole nitrogens is 1. The largest absolute Gasteiger partial charge is 0.369 e. The number of aryl methyl sites for hydroxylation is 1. The second kappa shape index (κ2) is 7.31. The number of nitrogens with one attached hydrogen (secondary N) is 4. The van der Waals surface area contributed by atoms with Gasteiger partial charge in [-0.15, -0.1) is 0 Å². The summed E-state index contributed by atoms with van der Waals surface area (Å²) in [6.45, 7) is 6.28. The average molecular weight is 377 g/mol. The third kappa shape index (κ3) is 3.38. The quantitative estimate of drug-likeness (QED) is 0.546. The maximum atomic E-state index is 4.79. The Kier molecular flexibility index (Phi) is 4.52. The van der Waals surface area contributed by atoms with Gasteiger partial charge in [-0.2, -0.15) is 9.97 Å². The van der Waals surface area contributed by atoms with Crippen molar-refractivity contribution in [2.75, 3.05) is 41.7 Å². The van der Waals surface area contributed by atoms with E-state index in [0.717, 1.165) is 48.7 Å². The van der Waals surface area contributed by atoms with Crippen LogP contribution in [0.2, 0.25) is 0 Å². The van der Waals surface area contributed by atoms with Crippen molar-refractivity contribution in [3.05, 3.63) is 36.0 Å². The highest BCUT2D eigenvalue weighted by Gasteiger charge is 2.20. The van der Waals surface area contributed by atoms with Gasteiger partial charge in [-0.05, 0) is 56.0 Å². The monoisotopic (exact) mass is 377 g/mol. The first kappa shape index (κ1) is 17.3. The maximum absolute atomic E-state index is 4.79. The lowest BCUT2D eigenvalue weighted by Crippen LogP contribution is -2.43. The predicted molar refractivity (Wildman–Crippen MR) is 115 cm³/mol. The molecular formula is C21H27N7. The number of hydrogen-bond acceptors (Lipinski definition) is 6. The van der Waals surface area contributed by atoms with Crippen LogP contribution in [-0.2, 0) is 0 Å². The zero-order valence-corrected chi connectivity index (χ0v) is 16.3. The molecule has 0 spiro atoms. The van der Waals surface area contributed by atoms with E-state index in [0.29, 0.717) is 12.0 Å². The number of fused-ring (bicyclic) bond motifs is 1. The Labute approximate surface area is 165 Å². The molecule has 1 aromatic carbocycles. The van der Waals surface area contributed by atoms with Gasteiger partial charge in [0.05, 0.1) is 5.39 Å². The van der Waals surface area contributed by atoms with Crippen LogP contribution in [0.15, 0.2) is 30.5 Å². The molecule has 5 rings (SSSR count). The highest BCUT2D eigenvalue weighted by atomic mass is 15.2. The number of anilines is 4. The van der Waals surface area contributed by atoms with Crippen LogP contribution < -0.4 is 20.9 Å². The van der Waals surface area contributed by atoms with Crippen LogP contribution in [0.3, 0.4) is 0 Å². The number of rotatable bonds is 5. The third-order valence-electron chi connectivity index (χ3n) is 5.78. The third-order valence-corrected chi connectivity index (χ3v) is 5.78. The van der Waals surface area contributed by atoms with Gasteiger partial charge < -0.3 is 25.8 Å².